The summed E-state index contributed by atoms with van der Waals surface area (Å²) in [4.78, 5) is 6.27. The number of hydrogen-bond donors (Lipinski definition) is 1. The molecule has 0 saturated carbocycles. The summed E-state index contributed by atoms with van der Waals surface area (Å²) in [6.07, 6.45) is 5.42. The summed E-state index contributed by atoms with van der Waals surface area (Å²) >= 11 is 7.57. The van der Waals surface area contributed by atoms with Crippen molar-refractivity contribution in [2.24, 2.45) is 0 Å². The Morgan fingerprint density at radius 1 is 1.15 bits per heavy atom. The maximum atomic E-state index is 5.77. The standard InChI is InChI=1S/C21H29N3S2/c1-18-8-6-9-19(16-18)22-21(25)24(17-20-10-7-15-26-20)14-13-23-11-4-2-3-5-12-23/h6-10,15-16H,2-5,11-14,17H2,1H3,(H,22,25). The Balaban J connectivity index is 1.62. The number of hydrogen-bond acceptors (Lipinski definition) is 3. The van der Waals surface area contributed by atoms with Crippen molar-refractivity contribution in [3.05, 3.63) is 52.2 Å². The lowest BCUT2D eigenvalue weighted by Gasteiger charge is -2.29. The van der Waals surface area contributed by atoms with Gasteiger partial charge < -0.3 is 15.1 Å². The van der Waals surface area contributed by atoms with Gasteiger partial charge in [-0.05, 0) is 74.2 Å². The largest absolute Gasteiger partial charge is 0.343 e. The van der Waals surface area contributed by atoms with Crippen molar-refractivity contribution in [3.8, 4) is 0 Å². The van der Waals surface area contributed by atoms with Crippen LogP contribution in [0.1, 0.15) is 36.1 Å². The summed E-state index contributed by atoms with van der Waals surface area (Å²) in [6, 6.07) is 12.7. The number of likely N-dealkylation sites (tertiary alicyclic amines) is 1. The Labute approximate surface area is 167 Å². The van der Waals surface area contributed by atoms with Crippen LogP contribution >= 0.6 is 23.6 Å². The quantitative estimate of drug-likeness (QED) is 0.692. The van der Waals surface area contributed by atoms with Gasteiger partial charge in [-0.3, -0.25) is 0 Å². The lowest BCUT2D eigenvalue weighted by molar-refractivity contribution is 0.253. The van der Waals surface area contributed by atoms with E-state index >= 15 is 0 Å². The normalized spacial score (nSPS) is 15.4. The second-order valence-electron chi connectivity index (χ2n) is 7.06. The number of nitrogens with zero attached hydrogens (tertiary/aromatic N) is 2. The summed E-state index contributed by atoms with van der Waals surface area (Å²) in [7, 11) is 0. The van der Waals surface area contributed by atoms with E-state index < -0.39 is 0 Å². The van der Waals surface area contributed by atoms with E-state index in [1.807, 2.05) is 0 Å². The Hall–Kier alpha value is -1.43. The molecule has 26 heavy (non-hydrogen) atoms. The fourth-order valence-corrected chi connectivity index (χ4v) is 4.38. The molecular formula is C21H29N3S2. The van der Waals surface area contributed by atoms with Crippen molar-refractivity contribution in [2.75, 3.05) is 31.5 Å². The van der Waals surface area contributed by atoms with E-state index in [0.29, 0.717) is 0 Å². The lowest BCUT2D eigenvalue weighted by atomic mass is 10.2. The number of nitrogens with one attached hydrogen (secondary N) is 1. The van der Waals surface area contributed by atoms with Gasteiger partial charge in [0, 0.05) is 23.7 Å². The Morgan fingerprint density at radius 3 is 2.65 bits per heavy atom. The number of anilines is 1. The Morgan fingerprint density at radius 2 is 1.96 bits per heavy atom. The van der Waals surface area contributed by atoms with Gasteiger partial charge in [-0.1, -0.05) is 31.0 Å². The zero-order chi connectivity index (χ0) is 18.2. The zero-order valence-electron chi connectivity index (χ0n) is 15.6. The van der Waals surface area contributed by atoms with Crippen molar-refractivity contribution in [3.63, 3.8) is 0 Å². The van der Waals surface area contributed by atoms with Crippen LogP contribution in [0.5, 0.6) is 0 Å². The molecule has 0 aliphatic carbocycles. The van der Waals surface area contributed by atoms with Crippen molar-refractivity contribution in [2.45, 2.75) is 39.2 Å². The molecule has 1 aromatic heterocycles. The van der Waals surface area contributed by atoms with Gasteiger partial charge in [-0.2, -0.15) is 0 Å². The molecule has 5 heteroatoms. The van der Waals surface area contributed by atoms with E-state index in [9.17, 15) is 0 Å². The van der Waals surface area contributed by atoms with Gasteiger partial charge in [0.05, 0.1) is 6.54 Å². The third kappa shape index (κ3) is 6.08. The van der Waals surface area contributed by atoms with Crippen LogP contribution in [0.25, 0.3) is 0 Å². The monoisotopic (exact) mass is 387 g/mol. The molecule has 1 aromatic carbocycles. The molecule has 2 aromatic rings. The molecule has 2 heterocycles. The predicted molar refractivity (Wildman–Crippen MR) is 117 cm³/mol. The first-order valence-electron chi connectivity index (χ1n) is 9.58. The Bertz CT molecular complexity index is 676. The number of benzene rings is 1. The zero-order valence-corrected chi connectivity index (χ0v) is 17.2. The van der Waals surface area contributed by atoms with Crippen molar-refractivity contribution in [1.82, 2.24) is 9.80 Å². The smallest absolute Gasteiger partial charge is 0.173 e. The molecule has 1 aliphatic heterocycles. The summed E-state index contributed by atoms with van der Waals surface area (Å²) in [6.45, 7) is 7.49. The number of thiocarbonyl (C=S) groups is 1. The first kappa shape index (κ1) is 19.3. The van der Waals surface area contributed by atoms with E-state index in [2.05, 4.69) is 63.8 Å². The molecule has 0 radical (unpaired) electrons. The maximum absolute atomic E-state index is 5.77. The van der Waals surface area contributed by atoms with Gasteiger partial charge in [0.15, 0.2) is 5.11 Å². The second-order valence-corrected chi connectivity index (χ2v) is 8.48. The topological polar surface area (TPSA) is 18.5 Å². The minimum absolute atomic E-state index is 0.818. The van der Waals surface area contributed by atoms with Crippen LogP contribution in [0.4, 0.5) is 5.69 Å². The average Bonchev–Trinajstić information content (AvgIpc) is 3.00. The van der Waals surface area contributed by atoms with E-state index in [4.69, 9.17) is 12.2 Å². The first-order valence-corrected chi connectivity index (χ1v) is 10.9. The van der Waals surface area contributed by atoms with Crippen LogP contribution in [0.3, 0.4) is 0 Å². The molecule has 3 nitrogen and oxygen atoms in total. The summed E-state index contributed by atoms with van der Waals surface area (Å²) < 4.78 is 0. The van der Waals surface area contributed by atoms with Gasteiger partial charge in [0.2, 0.25) is 0 Å². The molecule has 0 bridgehead atoms. The molecule has 1 aliphatic rings. The molecule has 0 spiro atoms. The second kappa shape index (κ2) is 10.0. The van der Waals surface area contributed by atoms with E-state index in [0.717, 1.165) is 30.4 Å². The molecule has 1 N–H and O–H groups in total. The van der Waals surface area contributed by atoms with Crippen molar-refractivity contribution >= 4 is 34.4 Å². The highest BCUT2D eigenvalue weighted by Crippen LogP contribution is 2.16. The summed E-state index contributed by atoms with van der Waals surface area (Å²) in [5.41, 5.74) is 2.31. The first-order chi connectivity index (χ1) is 12.7. The Kier molecular flexibility index (Phi) is 7.47. The molecule has 0 atom stereocenters. The summed E-state index contributed by atoms with van der Waals surface area (Å²) in [5.74, 6) is 0. The summed E-state index contributed by atoms with van der Waals surface area (Å²) in [5, 5.41) is 6.40. The van der Waals surface area contributed by atoms with Gasteiger partial charge in [0.1, 0.15) is 0 Å². The molecule has 0 amide bonds. The minimum Gasteiger partial charge on any atom is -0.343 e. The van der Waals surface area contributed by atoms with Crippen LogP contribution in [0.2, 0.25) is 0 Å². The molecular weight excluding hydrogens is 358 g/mol. The highest BCUT2D eigenvalue weighted by Gasteiger charge is 2.15. The van der Waals surface area contributed by atoms with Crippen molar-refractivity contribution < 1.29 is 0 Å². The van der Waals surface area contributed by atoms with Crippen LogP contribution in [0.15, 0.2) is 41.8 Å². The highest BCUT2D eigenvalue weighted by atomic mass is 32.1. The molecule has 1 saturated heterocycles. The SMILES string of the molecule is Cc1cccc(NC(=S)N(CCN2CCCCCC2)Cc2cccs2)c1. The van der Waals surface area contributed by atoms with Gasteiger partial charge in [0.25, 0.3) is 0 Å². The fourth-order valence-electron chi connectivity index (χ4n) is 3.39. The average molecular weight is 388 g/mol. The van der Waals surface area contributed by atoms with Gasteiger partial charge in [-0.25, -0.2) is 0 Å². The maximum Gasteiger partial charge on any atom is 0.173 e. The van der Waals surface area contributed by atoms with Gasteiger partial charge >= 0.3 is 0 Å². The van der Waals surface area contributed by atoms with Crippen LogP contribution < -0.4 is 5.32 Å². The minimum atomic E-state index is 0.818. The highest BCUT2D eigenvalue weighted by molar-refractivity contribution is 7.80. The number of aryl methyl sites for hydroxylation is 1. The molecule has 140 valence electrons. The number of rotatable bonds is 6. The third-order valence-corrected chi connectivity index (χ3v) is 6.09. The molecule has 0 unspecified atom stereocenters. The molecule has 1 fully saturated rings. The van der Waals surface area contributed by atoms with Crippen molar-refractivity contribution in [1.29, 1.82) is 0 Å². The van der Waals surface area contributed by atoms with E-state index in [1.54, 1.807) is 11.3 Å². The number of thiophene rings is 1. The van der Waals surface area contributed by atoms with Gasteiger partial charge in [-0.15, -0.1) is 11.3 Å². The van der Waals surface area contributed by atoms with Crippen LogP contribution in [-0.4, -0.2) is 41.1 Å². The van der Waals surface area contributed by atoms with Crippen LogP contribution in [-0.2, 0) is 6.54 Å². The van der Waals surface area contributed by atoms with E-state index in [1.165, 1.54) is 49.2 Å². The fraction of sp³-hybridized carbons (Fsp3) is 0.476. The van der Waals surface area contributed by atoms with E-state index in [-0.39, 0.29) is 0 Å². The lowest BCUT2D eigenvalue weighted by Crippen LogP contribution is -2.40. The molecule has 3 rings (SSSR count). The third-order valence-electron chi connectivity index (χ3n) is 4.87. The van der Waals surface area contributed by atoms with Crippen LogP contribution in [0, 0.1) is 6.92 Å². The predicted octanol–water partition coefficient (Wildman–Crippen LogP) is 5.13.